The maximum absolute atomic E-state index is 12.8. The van der Waals surface area contributed by atoms with Gasteiger partial charge >= 0.3 is 0 Å². The lowest BCUT2D eigenvalue weighted by Crippen LogP contribution is -2.13. The standard InChI is InChI=1S/C30H26N4O2/c1-19-7-6-8-20(2)27(19)33-29(35)22-11-15-23(16-12-22)31-30-32-26-10-5-4-9-25(26)28(34-30)21-13-17-24(36-3)18-14-21/h4-18H,1-3H3,(H,33,35)(H,31,32,34). The fraction of sp³-hybridized carbons (Fsp3) is 0.100. The van der Waals surface area contributed by atoms with E-state index >= 15 is 0 Å². The van der Waals surface area contributed by atoms with E-state index in [0.29, 0.717) is 11.5 Å². The van der Waals surface area contributed by atoms with Crippen molar-refractivity contribution in [2.24, 2.45) is 0 Å². The lowest BCUT2D eigenvalue weighted by atomic mass is 10.1. The SMILES string of the molecule is COc1ccc(-c2nc(Nc3ccc(C(=O)Nc4c(C)cccc4C)cc3)nc3ccccc23)cc1. The molecule has 0 fully saturated rings. The molecule has 0 radical (unpaired) electrons. The average Bonchev–Trinajstić information content (AvgIpc) is 2.91. The van der Waals surface area contributed by atoms with Gasteiger partial charge in [0.2, 0.25) is 5.95 Å². The molecule has 178 valence electrons. The highest BCUT2D eigenvalue weighted by atomic mass is 16.5. The highest BCUT2D eigenvalue weighted by Gasteiger charge is 2.12. The number of carbonyl (C=O) groups excluding carboxylic acids is 1. The Morgan fingerprint density at radius 3 is 2.17 bits per heavy atom. The summed E-state index contributed by atoms with van der Waals surface area (Å²) >= 11 is 0. The zero-order valence-electron chi connectivity index (χ0n) is 20.4. The Labute approximate surface area is 210 Å². The first-order chi connectivity index (χ1) is 17.5. The Bertz CT molecular complexity index is 1520. The van der Waals surface area contributed by atoms with Crippen molar-refractivity contribution in [3.63, 3.8) is 0 Å². The molecular formula is C30H26N4O2. The van der Waals surface area contributed by atoms with Crippen LogP contribution in [0.4, 0.5) is 17.3 Å². The zero-order valence-corrected chi connectivity index (χ0v) is 20.4. The summed E-state index contributed by atoms with van der Waals surface area (Å²) in [6.45, 7) is 3.97. The van der Waals surface area contributed by atoms with Gasteiger partial charge in [0.25, 0.3) is 5.91 Å². The van der Waals surface area contributed by atoms with E-state index in [2.05, 4.69) is 10.6 Å². The molecule has 0 saturated heterocycles. The maximum Gasteiger partial charge on any atom is 0.255 e. The van der Waals surface area contributed by atoms with E-state index in [-0.39, 0.29) is 5.91 Å². The van der Waals surface area contributed by atoms with Gasteiger partial charge in [-0.3, -0.25) is 4.79 Å². The number of rotatable bonds is 6. The van der Waals surface area contributed by atoms with Crippen LogP contribution in [0.1, 0.15) is 21.5 Å². The Hall–Kier alpha value is -4.71. The molecule has 1 aromatic heterocycles. The number of fused-ring (bicyclic) bond motifs is 1. The summed E-state index contributed by atoms with van der Waals surface area (Å²) in [5.74, 6) is 1.12. The third-order valence-corrected chi connectivity index (χ3v) is 6.09. The van der Waals surface area contributed by atoms with Crippen LogP contribution < -0.4 is 15.4 Å². The van der Waals surface area contributed by atoms with Gasteiger partial charge in [0.05, 0.1) is 18.3 Å². The molecule has 1 amide bonds. The summed E-state index contributed by atoms with van der Waals surface area (Å²) < 4.78 is 5.29. The summed E-state index contributed by atoms with van der Waals surface area (Å²) in [4.78, 5) is 22.3. The number of carbonyl (C=O) groups is 1. The van der Waals surface area contributed by atoms with Gasteiger partial charge in [-0.2, -0.15) is 0 Å². The summed E-state index contributed by atoms with van der Waals surface area (Å²) in [6.07, 6.45) is 0. The van der Waals surface area contributed by atoms with Crippen LogP contribution in [0.25, 0.3) is 22.2 Å². The van der Waals surface area contributed by atoms with Crippen LogP contribution in [-0.4, -0.2) is 23.0 Å². The van der Waals surface area contributed by atoms with Crippen LogP contribution in [-0.2, 0) is 0 Å². The normalized spacial score (nSPS) is 10.8. The molecule has 0 aliphatic rings. The molecule has 0 saturated carbocycles. The molecule has 0 bridgehead atoms. The van der Waals surface area contributed by atoms with Gasteiger partial charge in [0.1, 0.15) is 5.75 Å². The number of para-hydroxylation sites is 2. The van der Waals surface area contributed by atoms with E-state index in [1.54, 1.807) is 19.2 Å². The Balaban J connectivity index is 1.40. The van der Waals surface area contributed by atoms with Crippen LogP contribution in [0.3, 0.4) is 0 Å². The van der Waals surface area contributed by atoms with Crippen molar-refractivity contribution in [2.75, 3.05) is 17.7 Å². The smallest absolute Gasteiger partial charge is 0.255 e. The number of hydrogen-bond acceptors (Lipinski definition) is 5. The number of aromatic nitrogens is 2. The summed E-state index contributed by atoms with van der Waals surface area (Å²) in [5.41, 5.74) is 6.90. The maximum atomic E-state index is 12.8. The average molecular weight is 475 g/mol. The molecule has 0 atom stereocenters. The van der Waals surface area contributed by atoms with Gasteiger partial charge in [-0.05, 0) is 79.6 Å². The van der Waals surface area contributed by atoms with Gasteiger partial charge in [-0.25, -0.2) is 9.97 Å². The number of hydrogen-bond donors (Lipinski definition) is 2. The van der Waals surface area contributed by atoms with Crippen LogP contribution in [0.15, 0.2) is 91.0 Å². The Kier molecular flexibility index (Phi) is 6.33. The molecule has 0 spiro atoms. The lowest BCUT2D eigenvalue weighted by molar-refractivity contribution is 0.102. The van der Waals surface area contributed by atoms with Crippen molar-refractivity contribution in [1.82, 2.24) is 9.97 Å². The van der Waals surface area contributed by atoms with E-state index in [9.17, 15) is 4.79 Å². The molecule has 6 heteroatoms. The number of ether oxygens (including phenoxy) is 1. The monoisotopic (exact) mass is 474 g/mol. The number of anilines is 3. The van der Waals surface area contributed by atoms with Crippen molar-refractivity contribution in [3.05, 3.63) is 108 Å². The number of nitrogens with one attached hydrogen (secondary N) is 2. The molecule has 6 nitrogen and oxygen atoms in total. The van der Waals surface area contributed by atoms with Gasteiger partial charge in [0, 0.05) is 27.9 Å². The lowest BCUT2D eigenvalue weighted by Gasteiger charge is -2.13. The minimum absolute atomic E-state index is 0.150. The van der Waals surface area contributed by atoms with Crippen LogP contribution in [0.5, 0.6) is 5.75 Å². The molecular weight excluding hydrogens is 448 g/mol. The first-order valence-electron chi connectivity index (χ1n) is 11.7. The van der Waals surface area contributed by atoms with Crippen molar-refractivity contribution in [1.29, 1.82) is 0 Å². The highest BCUT2D eigenvalue weighted by molar-refractivity contribution is 6.05. The number of amides is 1. The van der Waals surface area contributed by atoms with Gasteiger partial charge in [0.15, 0.2) is 0 Å². The molecule has 0 unspecified atom stereocenters. The van der Waals surface area contributed by atoms with Crippen LogP contribution in [0.2, 0.25) is 0 Å². The van der Waals surface area contributed by atoms with Gasteiger partial charge in [-0.1, -0.05) is 36.4 Å². The topological polar surface area (TPSA) is 76.1 Å². The first-order valence-corrected chi connectivity index (χ1v) is 11.7. The fourth-order valence-electron chi connectivity index (χ4n) is 4.13. The van der Waals surface area contributed by atoms with E-state index in [1.165, 1.54) is 0 Å². The molecule has 36 heavy (non-hydrogen) atoms. The third-order valence-electron chi connectivity index (χ3n) is 6.09. The second-order valence-electron chi connectivity index (χ2n) is 8.56. The molecule has 4 aromatic carbocycles. The minimum Gasteiger partial charge on any atom is -0.497 e. The van der Waals surface area contributed by atoms with Gasteiger partial charge < -0.3 is 15.4 Å². The molecule has 1 heterocycles. The van der Waals surface area contributed by atoms with E-state index in [4.69, 9.17) is 14.7 Å². The number of benzene rings is 4. The second-order valence-corrected chi connectivity index (χ2v) is 8.56. The fourth-order valence-corrected chi connectivity index (χ4v) is 4.13. The summed E-state index contributed by atoms with van der Waals surface area (Å²) in [5, 5.41) is 7.27. The predicted molar refractivity (Wildman–Crippen MR) is 145 cm³/mol. The highest BCUT2D eigenvalue weighted by Crippen LogP contribution is 2.29. The molecule has 0 aliphatic carbocycles. The van der Waals surface area contributed by atoms with Crippen molar-refractivity contribution in [2.45, 2.75) is 13.8 Å². The Morgan fingerprint density at radius 1 is 0.778 bits per heavy atom. The van der Waals surface area contributed by atoms with Crippen molar-refractivity contribution < 1.29 is 9.53 Å². The number of aryl methyl sites for hydroxylation is 2. The van der Waals surface area contributed by atoms with Crippen LogP contribution >= 0.6 is 0 Å². The molecule has 0 aliphatic heterocycles. The first kappa shape index (κ1) is 23.1. The minimum atomic E-state index is -0.150. The van der Waals surface area contributed by atoms with E-state index < -0.39 is 0 Å². The molecule has 5 rings (SSSR count). The van der Waals surface area contributed by atoms with E-state index in [0.717, 1.165) is 50.4 Å². The van der Waals surface area contributed by atoms with Crippen LogP contribution in [0, 0.1) is 13.8 Å². The third kappa shape index (κ3) is 4.74. The van der Waals surface area contributed by atoms with Crippen molar-refractivity contribution >= 4 is 34.1 Å². The van der Waals surface area contributed by atoms with E-state index in [1.807, 2.05) is 92.7 Å². The number of nitrogens with zero attached hydrogens (tertiary/aromatic N) is 2. The largest absolute Gasteiger partial charge is 0.497 e. The zero-order chi connectivity index (χ0) is 25.1. The second kappa shape index (κ2) is 9.88. The Morgan fingerprint density at radius 2 is 1.47 bits per heavy atom. The van der Waals surface area contributed by atoms with Crippen molar-refractivity contribution in [3.8, 4) is 17.0 Å². The summed E-state index contributed by atoms with van der Waals surface area (Å²) in [6, 6.07) is 29.0. The van der Waals surface area contributed by atoms with Gasteiger partial charge in [-0.15, -0.1) is 0 Å². The molecule has 5 aromatic rings. The number of methoxy groups -OCH3 is 1. The summed E-state index contributed by atoms with van der Waals surface area (Å²) in [7, 11) is 1.65. The predicted octanol–water partition coefficient (Wildman–Crippen LogP) is 6.92. The molecule has 2 N–H and O–H groups in total. The quantitative estimate of drug-likeness (QED) is 0.279.